The van der Waals surface area contributed by atoms with E-state index >= 15 is 0 Å². The summed E-state index contributed by atoms with van der Waals surface area (Å²) in [5, 5.41) is 15.6. The fourth-order valence-electron chi connectivity index (χ4n) is 2.06. The number of nitrogens with two attached hydrogens (primary N) is 1. The predicted octanol–water partition coefficient (Wildman–Crippen LogP) is 1.87. The summed E-state index contributed by atoms with van der Waals surface area (Å²) in [5.41, 5.74) is 0.0270. The smallest absolute Gasteiger partial charge is 0.255 e. The minimum Gasteiger partial charge on any atom is -0.378 e. The maximum atomic E-state index is 12.2. The molecule has 0 radical (unpaired) electrons. The van der Waals surface area contributed by atoms with Crippen molar-refractivity contribution < 1.29 is 21.9 Å². The maximum Gasteiger partial charge on any atom is 0.255 e. The molecule has 2 rings (SSSR count). The Hall–Kier alpha value is -2.64. The van der Waals surface area contributed by atoms with Gasteiger partial charge in [-0.15, -0.1) is 0 Å². The standard InChI is InChI=1S/C19H20N2O5S2/c1-19(2,22)13-11-15-7-9-16(10-8-15)12-14-27(23,24)21-17-5-3-4-6-18(17)28(20,25)26/h3-10,12,14,21-22H,1-2H3,(H2,20,25,26). The molecule has 0 atom stereocenters. The van der Waals surface area contributed by atoms with Crippen molar-refractivity contribution >= 4 is 31.8 Å². The van der Waals surface area contributed by atoms with Crippen molar-refractivity contribution in [3.05, 3.63) is 65.1 Å². The Labute approximate surface area is 165 Å². The van der Waals surface area contributed by atoms with Crippen LogP contribution in [0, 0.1) is 11.8 Å². The van der Waals surface area contributed by atoms with Crippen molar-refractivity contribution in [2.75, 3.05) is 4.72 Å². The van der Waals surface area contributed by atoms with Crippen LogP contribution in [-0.4, -0.2) is 27.5 Å². The van der Waals surface area contributed by atoms with E-state index in [0.29, 0.717) is 11.1 Å². The first kappa shape index (κ1) is 21.7. The summed E-state index contributed by atoms with van der Waals surface area (Å²) in [7, 11) is -8.04. The van der Waals surface area contributed by atoms with Crippen LogP contribution in [0.25, 0.3) is 6.08 Å². The highest BCUT2D eigenvalue weighted by Crippen LogP contribution is 2.21. The Morgan fingerprint density at radius 1 is 1.04 bits per heavy atom. The molecule has 0 unspecified atom stereocenters. The van der Waals surface area contributed by atoms with Gasteiger partial charge in [0.25, 0.3) is 10.0 Å². The minimum absolute atomic E-state index is 0.133. The lowest BCUT2D eigenvalue weighted by molar-refractivity contribution is 0.143. The maximum absolute atomic E-state index is 12.2. The van der Waals surface area contributed by atoms with Crippen LogP contribution in [0.2, 0.25) is 0 Å². The molecular formula is C19H20N2O5S2. The number of sulfonamides is 2. The molecule has 7 nitrogen and oxygen atoms in total. The predicted molar refractivity (Wildman–Crippen MR) is 109 cm³/mol. The second-order valence-electron chi connectivity index (χ2n) is 6.42. The molecule has 0 aliphatic carbocycles. The van der Waals surface area contributed by atoms with Gasteiger partial charge in [-0.3, -0.25) is 4.72 Å². The molecule has 9 heteroatoms. The summed E-state index contributed by atoms with van der Waals surface area (Å²) in [6, 6.07) is 12.2. The molecule has 0 aliphatic heterocycles. The van der Waals surface area contributed by atoms with E-state index in [1.165, 1.54) is 30.3 Å². The molecule has 0 saturated heterocycles. The SMILES string of the molecule is CC(C)(O)C#Cc1ccc(C=CS(=O)(=O)Nc2ccccc2S(N)(=O)=O)cc1. The number of nitrogens with one attached hydrogen (secondary N) is 1. The molecule has 0 bridgehead atoms. The summed E-state index contributed by atoms with van der Waals surface area (Å²) < 4.78 is 49.8. The Morgan fingerprint density at radius 3 is 2.21 bits per heavy atom. The zero-order chi connectivity index (χ0) is 21.0. The van der Waals surface area contributed by atoms with E-state index in [1.54, 1.807) is 38.1 Å². The largest absolute Gasteiger partial charge is 0.378 e. The van der Waals surface area contributed by atoms with E-state index < -0.39 is 25.6 Å². The van der Waals surface area contributed by atoms with Gasteiger partial charge in [-0.25, -0.2) is 22.0 Å². The molecule has 148 valence electrons. The van der Waals surface area contributed by atoms with Gasteiger partial charge in [0.1, 0.15) is 10.5 Å². The van der Waals surface area contributed by atoms with Crippen LogP contribution in [0.3, 0.4) is 0 Å². The number of hydrogen-bond donors (Lipinski definition) is 3. The van der Waals surface area contributed by atoms with E-state index in [9.17, 15) is 21.9 Å². The highest BCUT2D eigenvalue weighted by molar-refractivity contribution is 7.95. The van der Waals surface area contributed by atoms with Crippen molar-refractivity contribution in [2.24, 2.45) is 5.14 Å². The molecular weight excluding hydrogens is 400 g/mol. The summed E-state index contributed by atoms with van der Waals surface area (Å²) in [6.07, 6.45) is 1.36. The van der Waals surface area contributed by atoms with Crippen LogP contribution in [0.5, 0.6) is 0 Å². The fourth-order valence-corrected chi connectivity index (χ4v) is 3.70. The van der Waals surface area contributed by atoms with Gasteiger partial charge in [-0.05, 0) is 49.8 Å². The average Bonchev–Trinajstić information content (AvgIpc) is 2.58. The first-order valence-electron chi connectivity index (χ1n) is 8.04. The Morgan fingerprint density at radius 2 is 1.64 bits per heavy atom. The van der Waals surface area contributed by atoms with Gasteiger partial charge in [0, 0.05) is 5.56 Å². The monoisotopic (exact) mass is 420 g/mol. The molecule has 0 spiro atoms. The van der Waals surface area contributed by atoms with E-state index in [2.05, 4.69) is 16.6 Å². The van der Waals surface area contributed by atoms with Gasteiger partial charge in [0.2, 0.25) is 10.0 Å². The summed E-state index contributed by atoms with van der Waals surface area (Å²) in [4.78, 5) is -0.318. The van der Waals surface area contributed by atoms with Crippen molar-refractivity contribution in [3.63, 3.8) is 0 Å². The molecule has 0 aromatic heterocycles. The fraction of sp³-hybridized carbons (Fsp3) is 0.158. The van der Waals surface area contributed by atoms with Crippen LogP contribution in [-0.2, 0) is 20.0 Å². The van der Waals surface area contributed by atoms with Gasteiger partial charge in [-0.2, -0.15) is 0 Å². The lowest BCUT2D eigenvalue weighted by Gasteiger charge is -2.08. The number of hydrogen-bond acceptors (Lipinski definition) is 5. The van der Waals surface area contributed by atoms with Crippen molar-refractivity contribution in [2.45, 2.75) is 24.3 Å². The van der Waals surface area contributed by atoms with Crippen LogP contribution in [0.15, 0.2) is 58.8 Å². The normalized spacial score (nSPS) is 12.4. The molecule has 2 aromatic carbocycles. The highest BCUT2D eigenvalue weighted by Gasteiger charge is 2.16. The molecule has 2 aromatic rings. The van der Waals surface area contributed by atoms with Crippen LogP contribution < -0.4 is 9.86 Å². The van der Waals surface area contributed by atoms with E-state index in [0.717, 1.165) is 5.41 Å². The zero-order valence-corrected chi connectivity index (χ0v) is 16.9. The molecule has 0 heterocycles. The number of aliphatic hydroxyl groups is 1. The lowest BCUT2D eigenvalue weighted by atomic mass is 10.1. The van der Waals surface area contributed by atoms with Gasteiger partial charge >= 0.3 is 0 Å². The van der Waals surface area contributed by atoms with Gasteiger partial charge in [0.05, 0.1) is 11.1 Å². The third-order valence-electron chi connectivity index (χ3n) is 3.31. The van der Waals surface area contributed by atoms with E-state index in [-0.39, 0.29) is 10.6 Å². The molecule has 0 saturated carbocycles. The average molecular weight is 421 g/mol. The minimum atomic E-state index is -4.08. The van der Waals surface area contributed by atoms with Gasteiger partial charge in [0.15, 0.2) is 0 Å². The van der Waals surface area contributed by atoms with Crippen molar-refractivity contribution in [1.82, 2.24) is 0 Å². The van der Waals surface area contributed by atoms with Crippen molar-refractivity contribution in [3.8, 4) is 11.8 Å². The lowest BCUT2D eigenvalue weighted by Crippen LogP contribution is -2.17. The first-order chi connectivity index (χ1) is 12.9. The number of benzene rings is 2. The quantitative estimate of drug-likeness (QED) is 0.637. The summed E-state index contributed by atoms with van der Waals surface area (Å²) in [5.74, 6) is 5.49. The number of para-hydroxylation sites is 1. The van der Waals surface area contributed by atoms with Crippen LogP contribution >= 0.6 is 0 Å². The van der Waals surface area contributed by atoms with Gasteiger partial charge in [-0.1, -0.05) is 36.1 Å². The number of anilines is 1. The Balaban J connectivity index is 2.19. The molecule has 4 N–H and O–H groups in total. The van der Waals surface area contributed by atoms with Crippen LogP contribution in [0.4, 0.5) is 5.69 Å². The second kappa shape index (κ2) is 8.16. The Bertz CT molecular complexity index is 1150. The van der Waals surface area contributed by atoms with Crippen LogP contribution in [0.1, 0.15) is 25.0 Å². The number of primary sulfonamides is 1. The van der Waals surface area contributed by atoms with Crippen molar-refractivity contribution in [1.29, 1.82) is 0 Å². The molecule has 0 amide bonds. The number of rotatable bonds is 5. The molecule has 0 aliphatic rings. The summed E-state index contributed by atoms with van der Waals surface area (Å²) >= 11 is 0. The van der Waals surface area contributed by atoms with E-state index in [4.69, 9.17) is 5.14 Å². The Kier molecular flexibility index (Phi) is 6.31. The second-order valence-corrected chi connectivity index (χ2v) is 9.52. The van der Waals surface area contributed by atoms with Gasteiger partial charge < -0.3 is 5.11 Å². The topological polar surface area (TPSA) is 127 Å². The van der Waals surface area contributed by atoms with E-state index in [1.807, 2.05) is 0 Å². The summed E-state index contributed by atoms with van der Waals surface area (Å²) in [6.45, 7) is 3.14. The zero-order valence-electron chi connectivity index (χ0n) is 15.2. The third-order valence-corrected chi connectivity index (χ3v) is 5.28. The highest BCUT2D eigenvalue weighted by atomic mass is 32.2. The third kappa shape index (κ3) is 6.83. The molecule has 0 fully saturated rings. The molecule has 28 heavy (non-hydrogen) atoms. The first-order valence-corrected chi connectivity index (χ1v) is 11.1.